The van der Waals surface area contributed by atoms with E-state index >= 15 is 0 Å². The molecule has 0 unspecified atom stereocenters. The Morgan fingerprint density at radius 3 is 2.39 bits per heavy atom. The first-order valence-corrected chi connectivity index (χ1v) is 9.47. The predicted molar refractivity (Wildman–Crippen MR) is 111 cm³/mol. The van der Waals surface area contributed by atoms with Crippen molar-refractivity contribution in [2.45, 2.75) is 19.4 Å². The van der Waals surface area contributed by atoms with Gasteiger partial charge in [-0.05, 0) is 29.7 Å². The zero-order valence-corrected chi connectivity index (χ0v) is 16.1. The topological polar surface area (TPSA) is 54.2 Å². The van der Waals surface area contributed by atoms with Crippen LogP contribution in [0.1, 0.15) is 17.0 Å². The number of nitrogens with one attached hydrogen (secondary N) is 2. The highest BCUT2D eigenvalue weighted by Gasteiger charge is 2.05. The third kappa shape index (κ3) is 5.94. The highest BCUT2D eigenvalue weighted by Crippen LogP contribution is 2.06. The van der Waals surface area contributed by atoms with Gasteiger partial charge in [0.1, 0.15) is 11.6 Å². The quantitative estimate of drug-likeness (QED) is 0.467. The standard InChI is InChI=1S/C22H26FN5/c1-24-22(26-13-11-18-7-9-20(23)10-8-18)27-14-12-21-25-15-16-28(21)17-19-5-3-2-4-6-19/h2-10,15-16H,11-14,17H2,1H3,(H2,24,26,27). The Hall–Kier alpha value is -3.15. The highest BCUT2D eigenvalue weighted by atomic mass is 19.1. The summed E-state index contributed by atoms with van der Waals surface area (Å²) in [6.45, 7) is 2.29. The fourth-order valence-corrected chi connectivity index (χ4v) is 2.98. The molecule has 28 heavy (non-hydrogen) atoms. The summed E-state index contributed by atoms with van der Waals surface area (Å²) in [6, 6.07) is 16.9. The maximum atomic E-state index is 12.9. The summed E-state index contributed by atoms with van der Waals surface area (Å²) in [7, 11) is 1.75. The molecule has 2 N–H and O–H groups in total. The largest absolute Gasteiger partial charge is 0.356 e. The Kier molecular flexibility index (Phi) is 7.18. The van der Waals surface area contributed by atoms with Crippen LogP contribution in [0.15, 0.2) is 72.0 Å². The highest BCUT2D eigenvalue weighted by molar-refractivity contribution is 5.79. The van der Waals surface area contributed by atoms with Gasteiger partial charge in [-0.2, -0.15) is 0 Å². The number of aromatic nitrogens is 2. The first-order chi connectivity index (χ1) is 13.7. The lowest BCUT2D eigenvalue weighted by Crippen LogP contribution is -2.39. The number of hydrogen-bond acceptors (Lipinski definition) is 2. The summed E-state index contributed by atoms with van der Waals surface area (Å²) in [5.74, 6) is 1.58. The van der Waals surface area contributed by atoms with Crippen molar-refractivity contribution < 1.29 is 4.39 Å². The van der Waals surface area contributed by atoms with Gasteiger partial charge in [0, 0.05) is 45.5 Å². The molecule has 0 radical (unpaired) electrons. The fourth-order valence-electron chi connectivity index (χ4n) is 2.98. The van der Waals surface area contributed by atoms with E-state index in [-0.39, 0.29) is 5.82 Å². The Labute approximate surface area is 165 Å². The molecular weight excluding hydrogens is 353 g/mol. The van der Waals surface area contributed by atoms with Crippen molar-refractivity contribution in [3.63, 3.8) is 0 Å². The second-order valence-electron chi connectivity index (χ2n) is 6.51. The van der Waals surface area contributed by atoms with Crippen LogP contribution in [-0.4, -0.2) is 35.6 Å². The van der Waals surface area contributed by atoms with E-state index in [1.807, 2.05) is 18.5 Å². The number of imidazole rings is 1. The minimum atomic E-state index is -0.209. The van der Waals surface area contributed by atoms with Crippen molar-refractivity contribution in [1.29, 1.82) is 0 Å². The van der Waals surface area contributed by atoms with Crippen molar-refractivity contribution in [2.75, 3.05) is 20.1 Å². The van der Waals surface area contributed by atoms with Gasteiger partial charge in [0.15, 0.2) is 5.96 Å². The van der Waals surface area contributed by atoms with Crippen molar-refractivity contribution in [1.82, 2.24) is 20.2 Å². The summed E-state index contributed by atoms with van der Waals surface area (Å²) in [6.07, 6.45) is 5.47. The molecule has 146 valence electrons. The van der Waals surface area contributed by atoms with Crippen molar-refractivity contribution >= 4 is 5.96 Å². The molecule has 6 heteroatoms. The monoisotopic (exact) mass is 379 g/mol. The molecule has 0 aliphatic heterocycles. The lowest BCUT2D eigenvalue weighted by molar-refractivity contribution is 0.626. The van der Waals surface area contributed by atoms with Crippen LogP contribution in [0.3, 0.4) is 0 Å². The number of rotatable bonds is 8. The second kappa shape index (κ2) is 10.3. The van der Waals surface area contributed by atoms with Crippen LogP contribution in [-0.2, 0) is 19.4 Å². The minimum absolute atomic E-state index is 0.209. The molecule has 0 aliphatic carbocycles. The van der Waals surface area contributed by atoms with E-state index in [9.17, 15) is 4.39 Å². The van der Waals surface area contributed by atoms with Gasteiger partial charge in [-0.1, -0.05) is 42.5 Å². The van der Waals surface area contributed by atoms with Gasteiger partial charge in [0.2, 0.25) is 0 Å². The number of nitrogens with zero attached hydrogens (tertiary/aromatic N) is 3. The van der Waals surface area contributed by atoms with Crippen molar-refractivity contribution in [3.05, 3.63) is 89.8 Å². The van der Waals surface area contributed by atoms with E-state index in [0.717, 1.165) is 49.8 Å². The lowest BCUT2D eigenvalue weighted by atomic mass is 10.1. The van der Waals surface area contributed by atoms with Gasteiger partial charge in [-0.25, -0.2) is 9.37 Å². The average molecular weight is 379 g/mol. The molecule has 3 rings (SSSR count). The minimum Gasteiger partial charge on any atom is -0.356 e. The fraction of sp³-hybridized carbons (Fsp3) is 0.273. The van der Waals surface area contributed by atoms with Gasteiger partial charge < -0.3 is 15.2 Å². The van der Waals surface area contributed by atoms with Crippen molar-refractivity contribution in [2.24, 2.45) is 4.99 Å². The zero-order valence-electron chi connectivity index (χ0n) is 16.1. The second-order valence-corrected chi connectivity index (χ2v) is 6.51. The van der Waals surface area contributed by atoms with Crippen LogP contribution in [0.25, 0.3) is 0 Å². The zero-order chi connectivity index (χ0) is 19.6. The predicted octanol–water partition coefficient (Wildman–Crippen LogP) is 3.02. The molecule has 0 aliphatic rings. The van der Waals surface area contributed by atoms with E-state index in [1.165, 1.54) is 17.7 Å². The van der Waals surface area contributed by atoms with Crippen LogP contribution in [0.4, 0.5) is 4.39 Å². The number of aliphatic imine (C=N–C) groups is 1. The summed E-state index contributed by atoms with van der Waals surface area (Å²) < 4.78 is 15.1. The first-order valence-electron chi connectivity index (χ1n) is 9.47. The van der Waals surface area contributed by atoms with E-state index in [4.69, 9.17) is 0 Å². The maximum absolute atomic E-state index is 12.9. The van der Waals surface area contributed by atoms with Gasteiger partial charge in [-0.15, -0.1) is 0 Å². The molecule has 3 aromatic rings. The number of hydrogen-bond donors (Lipinski definition) is 2. The number of halogens is 1. The molecule has 5 nitrogen and oxygen atoms in total. The summed E-state index contributed by atoms with van der Waals surface area (Å²) in [5, 5.41) is 6.60. The van der Waals surface area contributed by atoms with Crippen LogP contribution >= 0.6 is 0 Å². The Morgan fingerprint density at radius 2 is 1.68 bits per heavy atom. The summed E-state index contributed by atoms with van der Waals surface area (Å²) in [4.78, 5) is 8.73. The van der Waals surface area contributed by atoms with Gasteiger partial charge in [0.05, 0.1) is 0 Å². The van der Waals surface area contributed by atoms with Crippen LogP contribution in [0.2, 0.25) is 0 Å². The molecule has 1 heterocycles. The molecule has 0 bridgehead atoms. The third-order valence-corrected chi connectivity index (χ3v) is 4.48. The molecule has 0 fully saturated rings. The molecule has 0 saturated carbocycles. The summed E-state index contributed by atoms with van der Waals surface area (Å²) >= 11 is 0. The molecular formula is C22H26FN5. The van der Waals surface area contributed by atoms with Gasteiger partial charge in [0.25, 0.3) is 0 Å². The normalized spacial score (nSPS) is 11.4. The van der Waals surface area contributed by atoms with Crippen molar-refractivity contribution in [3.8, 4) is 0 Å². The molecule has 0 atom stereocenters. The van der Waals surface area contributed by atoms with Crippen LogP contribution in [0, 0.1) is 5.82 Å². The van der Waals surface area contributed by atoms with Crippen LogP contribution < -0.4 is 10.6 Å². The first kappa shape index (κ1) is 19.6. The Balaban J connectivity index is 1.42. The molecule has 1 aromatic heterocycles. The molecule has 0 saturated heterocycles. The summed E-state index contributed by atoms with van der Waals surface area (Å²) in [5.41, 5.74) is 2.35. The van der Waals surface area contributed by atoms with Gasteiger partial charge >= 0.3 is 0 Å². The Morgan fingerprint density at radius 1 is 0.964 bits per heavy atom. The third-order valence-electron chi connectivity index (χ3n) is 4.48. The SMILES string of the molecule is CN=C(NCCc1ccc(F)cc1)NCCc1nccn1Cc1ccccc1. The molecule has 0 spiro atoms. The maximum Gasteiger partial charge on any atom is 0.191 e. The smallest absolute Gasteiger partial charge is 0.191 e. The van der Waals surface area contributed by atoms with Crippen LogP contribution in [0.5, 0.6) is 0 Å². The molecule has 0 amide bonds. The van der Waals surface area contributed by atoms with Gasteiger partial charge in [-0.3, -0.25) is 4.99 Å². The van der Waals surface area contributed by atoms with E-state index in [0.29, 0.717) is 0 Å². The lowest BCUT2D eigenvalue weighted by Gasteiger charge is -2.13. The van der Waals surface area contributed by atoms with E-state index in [2.05, 4.69) is 49.4 Å². The Bertz CT molecular complexity index is 871. The number of guanidine groups is 1. The van der Waals surface area contributed by atoms with E-state index in [1.54, 1.807) is 19.2 Å². The van der Waals surface area contributed by atoms with E-state index < -0.39 is 0 Å². The molecule has 2 aromatic carbocycles. The average Bonchev–Trinajstić information content (AvgIpc) is 3.16. The number of benzene rings is 2.